The van der Waals surface area contributed by atoms with Crippen LogP contribution in [0.25, 0.3) is 38.9 Å². The lowest BCUT2D eigenvalue weighted by Crippen LogP contribution is -2.23. The monoisotopic (exact) mass is 452 g/mol. The van der Waals surface area contributed by atoms with Gasteiger partial charge in [0.15, 0.2) is 17.4 Å². The molecule has 1 aromatic carbocycles. The molecule has 0 spiro atoms. The summed E-state index contributed by atoms with van der Waals surface area (Å²) in [5, 5.41) is 4.76. The fourth-order valence-corrected chi connectivity index (χ4v) is 3.96. The molecule has 0 N–H and O–H groups in total. The Labute approximate surface area is 185 Å². The van der Waals surface area contributed by atoms with E-state index in [4.69, 9.17) is 9.47 Å². The lowest BCUT2D eigenvalue weighted by molar-refractivity contribution is 0.356. The SMILES string of the molecule is COc1cc2ncc3c(c2cc1-c1cnn(C)c1)n(-c1ncc(F)c(OC)c1F)c(=O)n3C. The molecular weight excluding hydrogens is 434 g/mol. The summed E-state index contributed by atoms with van der Waals surface area (Å²) in [4.78, 5) is 21.5. The summed E-state index contributed by atoms with van der Waals surface area (Å²) in [6.07, 6.45) is 5.83. The molecule has 0 unspecified atom stereocenters. The zero-order valence-electron chi connectivity index (χ0n) is 18.1. The van der Waals surface area contributed by atoms with Crippen LogP contribution in [-0.4, -0.2) is 43.1 Å². The van der Waals surface area contributed by atoms with E-state index in [1.54, 1.807) is 44.2 Å². The minimum atomic E-state index is -1.09. The van der Waals surface area contributed by atoms with E-state index in [9.17, 15) is 9.18 Å². The van der Waals surface area contributed by atoms with Gasteiger partial charge in [-0.05, 0) is 6.07 Å². The van der Waals surface area contributed by atoms with Crippen LogP contribution in [0, 0.1) is 11.6 Å². The second kappa shape index (κ2) is 7.40. The second-order valence-corrected chi connectivity index (χ2v) is 7.42. The Hall–Kier alpha value is -4.28. The quantitative estimate of drug-likeness (QED) is 0.417. The summed E-state index contributed by atoms with van der Waals surface area (Å²) < 4.78 is 43.6. The summed E-state index contributed by atoms with van der Waals surface area (Å²) in [5.74, 6) is -2.50. The van der Waals surface area contributed by atoms with Crippen molar-refractivity contribution in [1.82, 2.24) is 28.9 Å². The van der Waals surface area contributed by atoms with E-state index in [1.807, 2.05) is 6.20 Å². The number of benzene rings is 1. The van der Waals surface area contributed by atoms with Gasteiger partial charge < -0.3 is 9.47 Å². The van der Waals surface area contributed by atoms with Gasteiger partial charge in [0.2, 0.25) is 5.82 Å². The first-order valence-electron chi connectivity index (χ1n) is 9.81. The van der Waals surface area contributed by atoms with Crippen LogP contribution >= 0.6 is 0 Å². The van der Waals surface area contributed by atoms with Gasteiger partial charge in [-0.15, -0.1) is 0 Å². The highest BCUT2D eigenvalue weighted by Crippen LogP contribution is 2.36. The zero-order valence-corrected chi connectivity index (χ0v) is 18.1. The first kappa shape index (κ1) is 20.6. The highest BCUT2D eigenvalue weighted by atomic mass is 19.1. The third-order valence-corrected chi connectivity index (χ3v) is 5.55. The van der Waals surface area contributed by atoms with Gasteiger partial charge in [-0.2, -0.15) is 9.49 Å². The van der Waals surface area contributed by atoms with Crippen molar-refractivity contribution in [3.8, 4) is 28.4 Å². The molecule has 0 saturated heterocycles. The fourth-order valence-electron chi connectivity index (χ4n) is 3.96. The minimum Gasteiger partial charge on any atom is -0.496 e. The number of pyridine rings is 2. The topological polar surface area (TPSA) is 89.0 Å². The van der Waals surface area contributed by atoms with Crippen molar-refractivity contribution < 1.29 is 18.3 Å². The molecule has 0 aliphatic heterocycles. The Morgan fingerprint density at radius 1 is 1.00 bits per heavy atom. The molecule has 4 aromatic heterocycles. The van der Waals surface area contributed by atoms with Crippen LogP contribution in [0.15, 0.2) is 41.7 Å². The van der Waals surface area contributed by atoms with Crippen LogP contribution in [0.4, 0.5) is 8.78 Å². The summed E-state index contributed by atoms with van der Waals surface area (Å²) in [6, 6.07) is 3.53. The standard InChI is InChI=1S/C22H18F2N6O3/c1-28-10-11(7-27-28)12-5-13-15(6-17(12)32-3)25-9-16-19(13)30(22(31)29(16)2)21-18(24)20(33-4)14(23)8-26-21/h5-10H,1-4H3. The lowest BCUT2D eigenvalue weighted by atomic mass is 10.0. The average molecular weight is 452 g/mol. The Balaban J connectivity index is 1.93. The highest BCUT2D eigenvalue weighted by Gasteiger charge is 2.24. The Morgan fingerprint density at radius 2 is 1.79 bits per heavy atom. The highest BCUT2D eigenvalue weighted by molar-refractivity contribution is 6.05. The van der Waals surface area contributed by atoms with Crippen LogP contribution in [-0.2, 0) is 14.1 Å². The molecule has 9 nitrogen and oxygen atoms in total. The second-order valence-electron chi connectivity index (χ2n) is 7.42. The molecule has 0 fully saturated rings. The number of hydrogen-bond donors (Lipinski definition) is 0. The van der Waals surface area contributed by atoms with Crippen molar-refractivity contribution in [1.29, 1.82) is 0 Å². The van der Waals surface area contributed by atoms with Gasteiger partial charge in [0.25, 0.3) is 0 Å². The number of fused-ring (bicyclic) bond motifs is 3. The number of ether oxygens (including phenoxy) is 2. The molecule has 0 atom stereocenters. The zero-order chi connectivity index (χ0) is 23.4. The molecule has 5 aromatic rings. The number of aromatic nitrogens is 6. The molecule has 4 heterocycles. The summed E-state index contributed by atoms with van der Waals surface area (Å²) >= 11 is 0. The first-order valence-corrected chi connectivity index (χ1v) is 9.81. The third-order valence-electron chi connectivity index (χ3n) is 5.55. The Bertz CT molecular complexity index is 1620. The number of methoxy groups -OCH3 is 2. The molecule has 0 radical (unpaired) electrons. The molecule has 5 rings (SSSR count). The van der Waals surface area contributed by atoms with Crippen LogP contribution in [0.5, 0.6) is 11.5 Å². The van der Waals surface area contributed by atoms with Crippen LogP contribution < -0.4 is 15.2 Å². The van der Waals surface area contributed by atoms with E-state index in [0.717, 1.165) is 23.4 Å². The lowest BCUT2D eigenvalue weighted by Gasteiger charge is -2.12. The largest absolute Gasteiger partial charge is 0.496 e. The van der Waals surface area contributed by atoms with E-state index >= 15 is 4.39 Å². The molecule has 0 aliphatic carbocycles. The van der Waals surface area contributed by atoms with Gasteiger partial charge in [0, 0.05) is 42.9 Å². The van der Waals surface area contributed by atoms with Gasteiger partial charge >= 0.3 is 5.69 Å². The van der Waals surface area contributed by atoms with Crippen molar-refractivity contribution in [2.45, 2.75) is 0 Å². The van der Waals surface area contributed by atoms with E-state index in [-0.39, 0.29) is 5.82 Å². The van der Waals surface area contributed by atoms with Crippen LogP contribution in [0.1, 0.15) is 0 Å². The van der Waals surface area contributed by atoms with E-state index < -0.39 is 23.1 Å². The molecule has 0 amide bonds. The summed E-state index contributed by atoms with van der Waals surface area (Å²) in [7, 11) is 6.02. The first-order chi connectivity index (χ1) is 15.8. The Morgan fingerprint density at radius 3 is 2.45 bits per heavy atom. The smallest absolute Gasteiger partial charge is 0.334 e. The van der Waals surface area contributed by atoms with Gasteiger partial charge in [0.1, 0.15) is 5.75 Å². The van der Waals surface area contributed by atoms with Crippen molar-refractivity contribution in [2.24, 2.45) is 14.1 Å². The summed E-state index contributed by atoms with van der Waals surface area (Å²) in [6.45, 7) is 0. The Kier molecular flexibility index (Phi) is 4.62. The van der Waals surface area contributed by atoms with Crippen molar-refractivity contribution in [3.05, 3.63) is 59.0 Å². The number of nitrogens with zero attached hydrogens (tertiary/aromatic N) is 6. The molecule has 0 saturated carbocycles. The molecular formula is C22H18F2N6O3. The molecule has 0 aliphatic rings. The van der Waals surface area contributed by atoms with Gasteiger partial charge in [-0.25, -0.2) is 18.7 Å². The number of halogens is 2. The predicted molar refractivity (Wildman–Crippen MR) is 117 cm³/mol. The third kappa shape index (κ3) is 2.96. The van der Waals surface area contributed by atoms with Crippen molar-refractivity contribution in [2.75, 3.05) is 14.2 Å². The summed E-state index contributed by atoms with van der Waals surface area (Å²) in [5.41, 5.74) is 2.24. The maximum atomic E-state index is 15.2. The normalized spacial score (nSPS) is 11.5. The number of imidazole rings is 1. The van der Waals surface area contributed by atoms with E-state index in [1.165, 1.54) is 10.8 Å². The molecule has 168 valence electrons. The number of hydrogen-bond acceptors (Lipinski definition) is 6. The van der Waals surface area contributed by atoms with Crippen LogP contribution in [0.3, 0.4) is 0 Å². The maximum Gasteiger partial charge on any atom is 0.334 e. The number of aryl methyl sites for hydroxylation is 2. The maximum absolute atomic E-state index is 15.2. The van der Waals surface area contributed by atoms with E-state index in [0.29, 0.717) is 33.2 Å². The van der Waals surface area contributed by atoms with Gasteiger partial charge in [0.05, 0.1) is 49.4 Å². The number of rotatable bonds is 4. The molecule has 11 heteroatoms. The van der Waals surface area contributed by atoms with Crippen molar-refractivity contribution >= 4 is 21.9 Å². The molecule has 0 bridgehead atoms. The van der Waals surface area contributed by atoms with E-state index in [2.05, 4.69) is 15.1 Å². The minimum absolute atomic E-state index is 0.361. The van der Waals surface area contributed by atoms with Gasteiger partial charge in [-0.1, -0.05) is 0 Å². The van der Waals surface area contributed by atoms with Crippen LogP contribution in [0.2, 0.25) is 0 Å². The average Bonchev–Trinajstić information content (AvgIpc) is 3.35. The fraction of sp³-hybridized carbons (Fsp3) is 0.182. The van der Waals surface area contributed by atoms with Gasteiger partial charge in [-0.3, -0.25) is 14.2 Å². The van der Waals surface area contributed by atoms with Crippen molar-refractivity contribution in [3.63, 3.8) is 0 Å². The predicted octanol–water partition coefficient (Wildman–Crippen LogP) is 2.97. The molecule has 33 heavy (non-hydrogen) atoms.